The molecule has 0 aliphatic carbocycles. The number of amides is 1. The van der Waals surface area contributed by atoms with Crippen LogP contribution in [0, 0.1) is 0 Å². The fourth-order valence-electron chi connectivity index (χ4n) is 3.12. The molecule has 0 bridgehead atoms. The smallest absolute Gasteiger partial charge is 0.410 e. The Morgan fingerprint density at radius 2 is 1.92 bits per heavy atom. The normalized spacial score (nSPS) is 18.7. The minimum Gasteiger partial charge on any atom is -0.444 e. The van der Waals surface area contributed by atoms with Crippen molar-refractivity contribution in [2.75, 3.05) is 27.2 Å². The topological polar surface area (TPSA) is 50.6 Å². The van der Waals surface area contributed by atoms with Crippen LogP contribution in [-0.4, -0.2) is 58.2 Å². The number of rotatable bonds is 4. The average Bonchev–Trinajstić information content (AvgIpc) is 3.08. The molecule has 0 radical (unpaired) electrons. The summed E-state index contributed by atoms with van der Waals surface area (Å²) < 4.78 is 7.86. The highest BCUT2D eigenvalue weighted by Crippen LogP contribution is 2.34. The van der Waals surface area contributed by atoms with Gasteiger partial charge in [-0.3, -0.25) is 4.90 Å². The Bertz CT molecular complexity index is 623. The first kappa shape index (κ1) is 20.7. The van der Waals surface area contributed by atoms with Crippen molar-refractivity contribution >= 4 is 6.09 Å². The van der Waals surface area contributed by atoms with Crippen LogP contribution in [0.2, 0.25) is 0 Å². The van der Waals surface area contributed by atoms with Gasteiger partial charge in [-0.1, -0.05) is 20.8 Å². The third-order valence-corrected chi connectivity index (χ3v) is 4.54. The van der Waals surface area contributed by atoms with Gasteiger partial charge in [0, 0.05) is 31.2 Å². The van der Waals surface area contributed by atoms with Crippen LogP contribution in [0.15, 0.2) is 6.20 Å². The van der Waals surface area contributed by atoms with Gasteiger partial charge in [-0.25, -0.2) is 9.78 Å². The highest BCUT2D eigenvalue weighted by molar-refractivity contribution is 5.69. The maximum absolute atomic E-state index is 12.7. The summed E-state index contributed by atoms with van der Waals surface area (Å²) in [5.74, 6) is 0.986. The van der Waals surface area contributed by atoms with Crippen molar-refractivity contribution < 1.29 is 9.53 Å². The molecule has 1 amide bonds. The molecule has 1 aliphatic heterocycles. The second-order valence-corrected chi connectivity index (χ2v) is 9.56. The standard InChI is InChI=1S/C20H36N4O2/c1-19(2,3)16-14-23(13-12-22(7)8)17(21-16)15-10-9-11-24(15)18(25)26-20(4,5)6/h14-15H,9-13H2,1-8H3/t15-/m0/s1. The summed E-state index contributed by atoms with van der Waals surface area (Å²) in [6, 6.07) is -0.0110. The fourth-order valence-corrected chi connectivity index (χ4v) is 3.12. The zero-order chi connectivity index (χ0) is 19.7. The molecular formula is C20H36N4O2. The SMILES string of the molecule is CN(C)CCn1cc(C(C)(C)C)nc1[C@@H]1CCCN1C(=O)OC(C)(C)C. The summed E-state index contributed by atoms with van der Waals surface area (Å²) in [5, 5.41) is 0. The lowest BCUT2D eigenvalue weighted by molar-refractivity contribution is 0.0215. The van der Waals surface area contributed by atoms with Gasteiger partial charge in [-0.2, -0.15) is 0 Å². The number of imidazole rings is 1. The van der Waals surface area contributed by atoms with Crippen molar-refractivity contribution in [3.05, 3.63) is 17.7 Å². The maximum atomic E-state index is 12.7. The van der Waals surface area contributed by atoms with Gasteiger partial charge in [0.2, 0.25) is 0 Å². The first-order valence-electron chi connectivity index (χ1n) is 9.60. The van der Waals surface area contributed by atoms with Crippen LogP contribution in [0.25, 0.3) is 0 Å². The van der Waals surface area contributed by atoms with Gasteiger partial charge < -0.3 is 14.2 Å². The Balaban J connectivity index is 2.31. The van der Waals surface area contributed by atoms with E-state index < -0.39 is 5.60 Å². The summed E-state index contributed by atoms with van der Waals surface area (Å²) in [4.78, 5) is 21.7. The largest absolute Gasteiger partial charge is 0.444 e. The van der Waals surface area contributed by atoms with Crippen molar-refractivity contribution in [2.45, 2.75) is 78.0 Å². The molecule has 1 saturated heterocycles. The molecule has 1 fully saturated rings. The number of carbonyl (C=O) groups excluding carboxylic acids is 1. The summed E-state index contributed by atoms with van der Waals surface area (Å²) in [7, 11) is 4.15. The molecule has 1 aromatic heterocycles. The number of hydrogen-bond acceptors (Lipinski definition) is 4. The number of ether oxygens (including phenoxy) is 1. The summed E-state index contributed by atoms with van der Waals surface area (Å²) >= 11 is 0. The lowest BCUT2D eigenvalue weighted by atomic mass is 9.93. The van der Waals surface area contributed by atoms with Gasteiger partial charge in [0.15, 0.2) is 0 Å². The van der Waals surface area contributed by atoms with Crippen molar-refractivity contribution in [1.29, 1.82) is 0 Å². The second kappa shape index (κ2) is 7.59. The molecule has 2 heterocycles. The van der Waals surface area contributed by atoms with E-state index in [0.29, 0.717) is 0 Å². The van der Waals surface area contributed by atoms with E-state index in [1.807, 2.05) is 25.7 Å². The van der Waals surface area contributed by atoms with Crippen LogP contribution in [-0.2, 0) is 16.7 Å². The number of likely N-dealkylation sites (tertiary alicyclic amines) is 1. The number of hydrogen-bond donors (Lipinski definition) is 0. The van der Waals surface area contributed by atoms with Gasteiger partial charge in [0.1, 0.15) is 11.4 Å². The van der Waals surface area contributed by atoms with Crippen LogP contribution in [0.4, 0.5) is 4.79 Å². The predicted molar refractivity (Wildman–Crippen MR) is 104 cm³/mol. The van der Waals surface area contributed by atoms with Crippen molar-refractivity contribution in [3.63, 3.8) is 0 Å². The molecule has 0 aromatic carbocycles. The Hall–Kier alpha value is -1.56. The first-order chi connectivity index (χ1) is 11.9. The Kier molecular flexibility index (Phi) is 6.06. The molecule has 6 nitrogen and oxygen atoms in total. The predicted octanol–water partition coefficient (Wildman–Crippen LogP) is 3.81. The molecule has 0 spiro atoms. The molecular weight excluding hydrogens is 328 g/mol. The molecule has 1 aromatic rings. The van der Waals surface area contributed by atoms with Gasteiger partial charge in [-0.15, -0.1) is 0 Å². The van der Waals surface area contributed by atoms with E-state index in [1.165, 1.54) is 0 Å². The van der Waals surface area contributed by atoms with E-state index >= 15 is 0 Å². The number of nitrogens with zero attached hydrogens (tertiary/aromatic N) is 4. The molecule has 2 rings (SSSR count). The van der Waals surface area contributed by atoms with E-state index in [9.17, 15) is 4.79 Å². The van der Waals surface area contributed by atoms with Gasteiger partial charge in [0.25, 0.3) is 0 Å². The lowest BCUT2D eigenvalue weighted by Crippen LogP contribution is -2.37. The van der Waals surface area contributed by atoms with Crippen LogP contribution in [0.3, 0.4) is 0 Å². The number of aromatic nitrogens is 2. The third-order valence-electron chi connectivity index (χ3n) is 4.54. The highest BCUT2D eigenvalue weighted by atomic mass is 16.6. The Morgan fingerprint density at radius 3 is 2.46 bits per heavy atom. The molecule has 0 unspecified atom stereocenters. The molecule has 1 atom stereocenters. The van der Waals surface area contributed by atoms with Crippen LogP contribution < -0.4 is 0 Å². The molecule has 6 heteroatoms. The first-order valence-corrected chi connectivity index (χ1v) is 9.60. The quantitative estimate of drug-likeness (QED) is 0.815. The molecule has 1 aliphatic rings. The minimum absolute atomic E-state index is 0.0110. The Morgan fingerprint density at radius 1 is 1.27 bits per heavy atom. The van der Waals surface area contributed by atoms with E-state index in [4.69, 9.17) is 9.72 Å². The molecule has 0 N–H and O–H groups in total. The Labute approximate surface area is 158 Å². The van der Waals surface area contributed by atoms with E-state index in [0.717, 1.165) is 44.0 Å². The van der Waals surface area contributed by atoms with Crippen LogP contribution in [0.1, 0.15) is 71.9 Å². The molecule has 148 valence electrons. The minimum atomic E-state index is -0.485. The summed E-state index contributed by atoms with van der Waals surface area (Å²) in [6.45, 7) is 14.8. The van der Waals surface area contributed by atoms with Crippen molar-refractivity contribution in [1.82, 2.24) is 19.4 Å². The summed E-state index contributed by atoms with van der Waals surface area (Å²) in [6.07, 6.45) is 3.83. The van der Waals surface area contributed by atoms with Gasteiger partial charge in [-0.05, 0) is 47.7 Å². The van der Waals surface area contributed by atoms with E-state index in [2.05, 4.69) is 50.5 Å². The fraction of sp³-hybridized carbons (Fsp3) is 0.800. The monoisotopic (exact) mass is 364 g/mol. The van der Waals surface area contributed by atoms with Crippen molar-refractivity contribution in [3.8, 4) is 0 Å². The number of likely N-dealkylation sites (N-methyl/N-ethyl adjacent to an activating group) is 1. The zero-order valence-corrected chi connectivity index (χ0v) is 17.8. The highest BCUT2D eigenvalue weighted by Gasteiger charge is 2.36. The van der Waals surface area contributed by atoms with E-state index in [1.54, 1.807) is 0 Å². The molecule has 26 heavy (non-hydrogen) atoms. The van der Waals surface area contributed by atoms with Crippen LogP contribution >= 0.6 is 0 Å². The molecule has 0 saturated carbocycles. The van der Waals surface area contributed by atoms with Crippen molar-refractivity contribution in [2.24, 2.45) is 0 Å². The second-order valence-electron chi connectivity index (χ2n) is 9.56. The maximum Gasteiger partial charge on any atom is 0.410 e. The average molecular weight is 365 g/mol. The lowest BCUT2D eigenvalue weighted by Gasteiger charge is -2.28. The summed E-state index contributed by atoms with van der Waals surface area (Å²) in [5.41, 5.74) is 0.566. The van der Waals surface area contributed by atoms with Gasteiger partial charge >= 0.3 is 6.09 Å². The van der Waals surface area contributed by atoms with Crippen LogP contribution in [0.5, 0.6) is 0 Å². The zero-order valence-electron chi connectivity index (χ0n) is 17.8. The van der Waals surface area contributed by atoms with E-state index in [-0.39, 0.29) is 17.6 Å². The third kappa shape index (κ3) is 5.22. The number of carbonyl (C=O) groups is 1. The van der Waals surface area contributed by atoms with Gasteiger partial charge in [0.05, 0.1) is 11.7 Å².